The summed E-state index contributed by atoms with van der Waals surface area (Å²) in [5.41, 5.74) is 5.98. The minimum Gasteiger partial charge on any atom is -0.345 e. The molecular weight excluding hydrogens is 312 g/mol. The second-order valence-corrected chi connectivity index (χ2v) is 7.71. The van der Waals surface area contributed by atoms with Gasteiger partial charge in [-0.1, -0.05) is 0 Å². The highest BCUT2D eigenvalue weighted by Gasteiger charge is 2.42. The summed E-state index contributed by atoms with van der Waals surface area (Å²) < 4.78 is 1.12. The predicted octanol–water partition coefficient (Wildman–Crippen LogP) is 2.64. The van der Waals surface area contributed by atoms with Gasteiger partial charge in [-0.2, -0.15) is 0 Å². The summed E-state index contributed by atoms with van der Waals surface area (Å²) in [5, 5.41) is 0. The molecule has 3 nitrogen and oxygen atoms in total. The van der Waals surface area contributed by atoms with Gasteiger partial charge in [-0.3, -0.25) is 4.79 Å². The lowest BCUT2D eigenvalue weighted by molar-refractivity contribution is -0.130. The van der Waals surface area contributed by atoms with Gasteiger partial charge in [0.25, 0.3) is 0 Å². The first-order valence-electron chi connectivity index (χ1n) is 6.23. The summed E-state index contributed by atoms with van der Waals surface area (Å²) in [5.74, 6) is 0.222. The zero-order valence-corrected chi connectivity index (χ0v) is 13.0. The molecule has 18 heavy (non-hydrogen) atoms. The normalized spacial score (nSPS) is 16.6. The summed E-state index contributed by atoms with van der Waals surface area (Å²) in [6, 6.07) is 4.10. The Bertz CT molecular complexity index is 428. The largest absolute Gasteiger partial charge is 0.345 e. The molecule has 0 aliphatic heterocycles. The van der Waals surface area contributed by atoms with E-state index in [1.54, 1.807) is 11.3 Å². The van der Waals surface area contributed by atoms with Crippen LogP contribution in [0.2, 0.25) is 0 Å². The van der Waals surface area contributed by atoms with Crippen molar-refractivity contribution >= 4 is 33.2 Å². The van der Waals surface area contributed by atoms with Gasteiger partial charge in [0.05, 0.1) is 3.79 Å². The van der Waals surface area contributed by atoms with Crippen molar-refractivity contribution < 1.29 is 4.79 Å². The van der Waals surface area contributed by atoms with Crippen molar-refractivity contribution in [1.82, 2.24) is 4.90 Å². The average molecular weight is 331 g/mol. The van der Waals surface area contributed by atoms with Crippen molar-refractivity contribution in [2.75, 3.05) is 20.1 Å². The standard InChI is InChI=1S/C13H19BrN2OS/c1-16(9-13(8-15)6-7-13)12(17)5-3-10-2-4-11(14)18-10/h2,4H,3,5-9,15H2,1H3. The van der Waals surface area contributed by atoms with Crippen molar-refractivity contribution in [3.05, 3.63) is 20.8 Å². The molecule has 0 saturated heterocycles. The Morgan fingerprint density at radius 3 is 2.78 bits per heavy atom. The van der Waals surface area contributed by atoms with Crippen LogP contribution in [0.1, 0.15) is 24.1 Å². The molecule has 1 aromatic heterocycles. The van der Waals surface area contributed by atoms with Crippen LogP contribution in [0.15, 0.2) is 15.9 Å². The van der Waals surface area contributed by atoms with Crippen LogP contribution in [0.4, 0.5) is 0 Å². The van der Waals surface area contributed by atoms with Gasteiger partial charge in [-0.05, 0) is 53.9 Å². The van der Waals surface area contributed by atoms with E-state index in [0.717, 1.165) is 16.8 Å². The fraction of sp³-hybridized carbons (Fsp3) is 0.615. The van der Waals surface area contributed by atoms with Crippen LogP contribution in [0, 0.1) is 5.41 Å². The van der Waals surface area contributed by atoms with E-state index in [9.17, 15) is 4.79 Å². The molecule has 1 aliphatic carbocycles. The Morgan fingerprint density at radius 1 is 1.56 bits per heavy atom. The highest BCUT2D eigenvalue weighted by molar-refractivity contribution is 9.11. The number of nitrogens with two attached hydrogens (primary N) is 1. The van der Waals surface area contributed by atoms with Crippen LogP contribution in [-0.4, -0.2) is 30.9 Å². The van der Waals surface area contributed by atoms with Crippen LogP contribution in [0.5, 0.6) is 0 Å². The summed E-state index contributed by atoms with van der Waals surface area (Å²) in [7, 11) is 1.89. The fourth-order valence-electron chi connectivity index (χ4n) is 2.10. The first kappa shape index (κ1) is 14.0. The van der Waals surface area contributed by atoms with Crippen LogP contribution in [0.25, 0.3) is 0 Å². The van der Waals surface area contributed by atoms with Gasteiger partial charge in [0, 0.05) is 30.3 Å². The first-order chi connectivity index (χ1) is 8.54. The Kier molecular flexibility index (Phi) is 4.45. The first-order valence-corrected chi connectivity index (χ1v) is 7.84. The molecule has 1 aliphatic rings. The number of rotatable bonds is 6. The number of aryl methyl sites for hydroxylation is 1. The van der Waals surface area contributed by atoms with Gasteiger partial charge in [0.2, 0.25) is 5.91 Å². The van der Waals surface area contributed by atoms with Gasteiger partial charge in [-0.15, -0.1) is 11.3 Å². The van der Waals surface area contributed by atoms with Gasteiger partial charge in [-0.25, -0.2) is 0 Å². The van der Waals surface area contributed by atoms with Crippen molar-refractivity contribution in [2.45, 2.75) is 25.7 Å². The number of hydrogen-bond acceptors (Lipinski definition) is 3. The molecule has 2 rings (SSSR count). The molecule has 2 N–H and O–H groups in total. The monoisotopic (exact) mass is 330 g/mol. The average Bonchev–Trinajstić information content (AvgIpc) is 3.00. The van der Waals surface area contributed by atoms with E-state index in [1.165, 1.54) is 17.7 Å². The zero-order chi connectivity index (χ0) is 13.2. The van der Waals surface area contributed by atoms with E-state index in [1.807, 2.05) is 18.0 Å². The van der Waals surface area contributed by atoms with E-state index in [2.05, 4.69) is 22.0 Å². The van der Waals surface area contributed by atoms with Crippen molar-refractivity contribution in [2.24, 2.45) is 11.1 Å². The minimum atomic E-state index is 0.222. The van der Waals surface area contributed by atoms with E-state index in [-0.39, 0.29) is 11.3 Å². The number of hydrogen-bond donors (Lipinski definition) is 1. The molecule has 0 unspecified atom stereocenters. The Morgan fingerprint density at radius 2 is 2.28 bits per heavy atom. The SMILES string of the molecule is CN(CC1(CN)CC1)C(=O)CCc1ccc(Br)s1. The Hall–Kier alpha value is -0.390. The summed E-state index contributed by atoms with van der Waals surface area (Å²) in [6.07, 6.45) is 3.75. The number of carbonyl (C=O) groups is 1. The second-order valence-electron chi connectivity index (χ2n) is 5.16. The third-order valence-electron chi connectivity index (χ3n) is 3.60. The smallest absolute Gasteiger partial charge is 0.222 e. The van der Waals surface area contributed by atoms with Crippen LogP contribution in [0.3, 0.4) is 0 Å². The zero-order valence-electron chi connectivity index (χ0n) is 10.6. The lowest BCUT2D eigenvalue weighted by Crippen LogP contribution is -2.35. The quantitative estimate of drug-likeness (QED) is 0.871. The fourth-order valence-corrected chi connectivity index (χ4v) is 3.58. The Balaban J connectivity index is 1.77. The molecule has 1 fully saturated rings. The highest BCUT2D eigenvalue weighted by atomic mass is 79.9. The van der Waals surface area contributed by atoms with E-state index >= 15 is 0 Å². The number of halogens is 1. The molecule has 1 heterocycles. The minimum absolute atomic E-state index is 0.222. The summed E-state index contributed by atoms with van der Waals surface area (Å²) in [6.45, 7) is 1.51. The molecule has 1 amide bonds. The number of nitrogens with zero attached hydrogens (tertiary/aromatic N) is 1. The lowest BCUT2D eigenvalue weighted by atomic mass is 10.1. The van der Waals surface area contributed by atoms with Crippen molar-refractivity contribution in [1.29, 1.82) is 0 Å². The molecule has 0 spiro atoms. The summed E-state index contributed by atoms with van der Waals surface area (Å²) >= 11 is 5.13. The maximum atomic E-state index is 12.0. The predicted molar refractivity (Wildman–Crippen MR) is 78.7 cm³/mol. The van der Waals surface area contributed by atoms with Crippen LogP contribution < -0.4 is 5.73 Å². The number of amides is 1. The molecule has 100 valence electrons. The van der Waals surface area contributed by atoms with Crippen molar-refractivity contribution in [3.63, 3.8) is 0 Å². The number of carbonyl (C=O) groups excluding carboxylic acids is 1. The molecule has 0 aromatic carbocycles. The lowest BCUT2D eigenvalue weighted by Gasteiger charge is -2.22. The maximum absolute atomic E-state index is 12.0. The molecule has 5 heteroatoms. The third kappa shape index (κ3) is 3.56. The van der Waals surface area contributed by atoms with E-state index < -0.39 is 0 Å². The van der Waals surface area contributed by atoms with Gasteiger partial charge >= 0.3 is 0 Å². The van der Waals surface area contributed by atoms with Gasteiger partial charge < -0.3 is 10.6 Å². The topological polar surface area (TPSA) is 46.3 Å². The summed E-state index contributed by atoms with van der Waals surface area (Å²) in [4.78, 5) is 15.1. The van der Waals surface area contributed by atoms with E-state index in [0.29, 0.717) is 13.0 Å². The third-order valence-corrected chi connectivity index (χ3v) is 5.29. The van der Waals surface area contributed by atoms with Gasteiger partial charge in [0.1, 0.15) is 0 Å². The molecule has 1 saturated carbocycles. The highest BCUT2D eigenvalue weighted by Crippen LogP contribution is 2.44. The van der Waals surface area contributed by atoms with Crippen LogP contribution in [-0.2, 0) is 11.2 Å². The van der Waals surface area contributed by atoms with Gasteiger partial charge in [0.15, 0.2) is 0 Å². The molecule has 0 radical (unpaired) electrons. The molecule has 0 bridgehead atoms. The molecule has 0 atom stereocenters. The number of thiophene rings is 1. The van der Waals surface area contributed by atoms with E-state index in [4.69, 9.17) is 5.73 Å². The van der Waals surface area contributed by atoms with Crippen molar-refractivity contribution in [3.8, 4) is 0 Å². The molecule has 1 aromatic rings. The second kappa shape index (κ2) is 5.72. The van der Waals surface area contributed by atoms with Crippen LogP contribution >= 0.6 is 27.3 Å². The molecular formula is C13H19BrN2OS. The Labute approximate surface area is 120 Å². The maximum Gasteiger partial charge on any atom is 0.222 e.